The standard InChI is InChI=1S/C13H16ClNO2/c14-10-3-5-11(6-4-10)15-13(16)8-7-12-2-1-9-17-12/h3-6,12H,1-2,7-9H2,(H,15,16)/t12-/m0/s1. The second-order valence-electron chi connectivity index (χ2n) is 4.23. The maximum absolute atomic E-state index is 11.7. The van der Waals surface area contributed by atoms with Gasteiger partial charge in [-0.05, 0) is 43.5 Å². The van der Waals surface area contributed by atoms with Crippen LogP contribution < -0.4 is 5.32 Å². The normalized spacial score (nSPS) is 19.2. The molecule has 0 bridgehead atoms. The molecule has 3 nitrogen and oxygen atoms in total. The number of amides is 1. The lowest BCUT2D eigenvalue weighted by Gasteiger charge is -2.09. The third-order valence-electron chi connectivity index (χ3n) is 2.85. The second-order valence-corrected chi connectivity index (χ2v) is 4.67. The fourth-order valence-electron chi connectivity index (χ4n) is 1.92. The maximum Gasteiger partial charge on any atom is 0.224 e. The van der Waals surface area contributed by atoms with Crippen molar-refractivity contribution in [1.29, 1.82) is 0 Å². The van der Waals surface area contributed by atoms with Gasteiger partial charge in [0, 0.05) is 23.7 Å². The Morgan fingerprint density at radius 3 is 2.82 bits per heavy atom. The van der Waals surface area contributed by atoms with E-state index in [0.717, 1.165) is 31.6 Å². The van der Waals surface area contributed by atoms with Crippen LogP contribution in [-0.4, -0.2) is 18.6 Å². The summed E-state index contributed by atoms with van der Waals surface area (Å²) in [5.74, 6) is 0.0304. The highest BCUT2D eigenvalue weighted by Crippen LogP contribution is 2.18. The third kappa shape index (κ3) is 4.02. The van der Waals surface area contributed by atoms with Crippen molar-refractivity contribution < 1.29 is 9.53 Å². The van der Waals surface area contributed by atoms with Gasteiger partial charge in [0.25, 0.3) is 0 Å². The summed E-state index contributed by atoms with van der Waals surface area (Å²) in [7, 11) is 0. The summed E-state index contributed by atoms with van der Waals surface area (Å²) in [5.41, 5.74) is 0.784. The highest BCUT2D eigenvalue weighted by atomic mass is 35.5. The summed E-state index contributed by atoms with van der Waals surface area (Å²) in [5, 5.41) is 3.51. The summed E-state index contributed by atoms with van der Waals surface area (Å²) in [6.45, 7) is 0.837. The lowest BCUT2D eigenvalue weighted by molar-refractivity contribution is -0.116. The number of carbonyl (C=O) groups excluding carboxylic acids is 1. The Hall–Kier alpha value is -1.06. The van der Waals surface area contributed by atoms with Crippen LogP contribution in [0.25, 0.3) is 0 Å². The second kappa shape index (κ2) is 6.03. The monoisotopic (exact) mass is 253 g/mol. The summed E-state index contributed by atoms with van der Waals surface area (Å²) < 4.78 is 5.47. The van der Waals surface area contributed by atoms with E-state index in [-0.39, 0.29) is 12.0 Å². The van der Waals surface area contributed by atoms with Crippen LogP contribution in [0.5, 0.6) is 0 Å². The molecule has 1 heterocycles. The Labute approximate surface area is 106 Å². The Kier molecular flexibility index (Phi) is 4.40. The first-order valence-electron chi connectivity index (χ1n) is 5.91. The van der Waals surface area contributed by atoms with Crippen molar-refractivity contribution in [3.8, 4) is 0 Å². The van der Waals surface area contributed by atoms with Gasteiger partial charge in [-0.2, -0.15) is 0 Å². The quantitative estimate of drug-likeness (QED) is 0.895. The van der Waals surface area contributed by atoms with Crippen LogP contribution in [0.3, 0.4) is 0 Å². The van der Waals surface area contributed by atoms with E-state index >= 15 is 0 Å². The SMILES string of the molecule is O=C(CC[C@@H]1CCCO1)Nc1ccc(Cl)cc1. The van der Waals surface area contributed by atoms with Crippen molar-refractivity contribution in [3.63, 3.8) is 0 Å². The topological polar surface area (TPSA) is 38.3 Å². The zero-order valence-corrected chi connectivity index (χ0v) is 10.4. The minimum absolute atomic E-state index is 0.0304. The average Bonchev–Trinajstić information content (AvgIpc) is 2.83. The Bertz CT molecular complexity index is 372. The fraction of sp³-hybridized carbons (Fsp3) is 0.462. The summed E-state index contributed by atoms with van der Waals surface area (Å²) >= 11 is 5.77. The van der Waals surface area contributed by atoms with Crippen LogP contribution in [0.2, 0.25) is 5.02 Å². The van der Waals surface area contributed by atoms with E-state index < -0.39 is 0 Å². The summed E-state index contributed by atoms with van der Waals surface area (Å²) in [6.07, 6.45) is 3.77. The summed E-state index contributed by atoms with van der Waals surface area (Å²) in [4.78, 5) is 11.7. The zero-order chi connectivity index (χ0) is 12.1. The highest BCUT2D eigenvalue weighted by Gasteiger charge is 2.16. The van der Waals surface area contributed by atoms with Gasteiger partial charge in [0.1, 0.15) is 0 Å². The fourth-order valence-corrected chi connectivity index (χ4v) is 2.05. The van der Waals surface area contributed by atoms with Gasteiger partial charge in [0.05, 0.1) is 6.10 Å². The molecule has 1 fully saturated rings. The summed E-state index contributed by atoms with van der Waals surface area (Å²) in [6, 6.07) is 7.12. The van der Waals surface area contributed by atoms with Crippen molar-refractivity contribution in [2.75, 3.05) is 11.9 Å². The van der Waals surface area contributed by atoms with Crippen LogP contribution in [0.4, 0.5) is 5.69 Å². The molecule has 4 heteroatoms. The van der Waals surface area contributed by atoms with Crippen molar-refractivity contribution in [1.82, 2.24) is 0 Å². The third-order valence-corrected chi connectivity index (χ3v) is 3.10. The number of anilines is 1. The Balaban J connectivity index is 1.74. The molecule has 1 aromatic rings. The van der Waals surface area contributed by atoms with Gasteiger partial charge in [-0.3, -0.25) is 4.79 Å². The first kappa shape index (κ1) is 12.4. The molecule has 1 N–H and O–H groups in total. The molecule has 1 aliphatic rings. The van der Waals surface area contributed by atoms with Crippen LogP contribution in [0, 0.1) is 0 Å². The molecule has 92 valence electrons. The van der Waals surface area contributed by atoms with Crippen LogP contribution >= 0.6 is 11.6 Å². The number of benzene rings is 1. The molecule has 0 radical (unpaired) electrons. The van der Waals surface area contributed by atoms with E-state index in [9.17, 15) is 4.79 Å². The number of carbonyl (C=O) groups is 1. The minimum Gasteiger partial charge on any atom is -0.378 e. The van der Waals surface area contributed by atoms with Gasteiger partial charge >= 0.3 is 0 Å². The number of ether oxygens (including phenoxy) is 1. The van der Waals surface area contributed by atoms with Crippen molar-refractivity contribution >= 4 is 23.2 Å². The molecule has 2 rings (SSSR count). The van der Waals surface area contributed by atoms with Gasteiger partial charge in [0.2, 0.25) is 5.91 Å². The molecule has 0 unspecified atom stereocenters. The van der Waals surface area contributed by atoms with E-state index in [4.69, 9.17) is 16.3 Å². The molecule has 17 heavy (non-hydrogen) atoms. The first-order chi connectivity index (χ1) is 8.24. The van der Waals surface area contributed by atoms with E-state index in [1.54, 1.807) is 24.3 Å². The number of nitrogens with one attached hydrogen (secondary N) is 1. The van der Waals surface area contributed by atoms with Crippen LogP contribution in [0.1, 0.15) is 25.7 Å². The van der Waals surface area contributed by atoms with E-state index in [1.807, 2.05) is 0 Å². The van der Waals surface area contributed by atoms with Gasteiger partial charge in [0.15, 0.2) is 0 Å². The number of halogens is 1. The van der Waals surface area contributed by atoms with Crippen molar-refractivity contribution in [2.45, 2.75) is 31.8 Å². The number of hydrogen-bond donors (Lipinski definition) is 1. The van der Waals surface area contributed by atoms with Crippen molar-refractivity contribution in [2.24, 2.45) is 0 Å². The average molecular weight is 254 g/mol. The lowest BCUT2D eigenvalue weighted by atomic mass is 10.1. The minimum atomic E-state index is 0.0304. The first-order valence-corrected chi connectivity index (χ1v) is 6.29. The van der Waals surface area contributed by atoms with Crippen LogP contribution in [0.15, 0.2) is 24.3 Å². The van der Waals surface area contributed by atoms with Gasteiger partial charge < -0.3 is 10.1 Å². The Morgan fingerprint density at radius 2 is 2.18 bits per heavy atom. The number of rotatable bonds is 4. The smallest absolute Gasteiger partial charge is 0.224 e. The largest absolute Gasteiger partial charge is 0.378 e. The molecular formula is C13H16ClNO2. The lowest BCUT2D eigenvalue weighted by Crippen LogP contribution is -2.15. The highest BCUT2D eigenvalue weighted by molar-refractivity contribution is 6.30. The van der Waals surface area contributed by atoms with Gasteiger partial charge in [-0.25, -0.2) is 0 Å². The molecule has 0 spiro atoms. The Morgan fingerprint density at radius 1 is 1.41 bits per heavy atom. The number of hydrogen-bond acceptors (Lipinski definition) is 2. The molecule has 0 saturated carbocycles. The van der Waals surface area contributed by atoms with E-state index in [2.05, 4.69) is 5.32 Å². The van der Waals surface area contributed by atoms with E-state index in [1.165, 1.54) is 0 Å². The molecule has 1 saturated heterocycles. The molecule has 0 aliphatic carbocycles. The predicted molar refractivity (Wildman–Crippen MR) is 68.3 cm³/mol. The van der Waals surface area contributed by atoms with Crippen molar-refractivity contribution in [3.05, 3.63) is 29.3 Å². The molecule has 1 atom stereocenters. The predicted octanol–water partition coefficient (Wildman–Crippen LogP) is 3.24. The van der Waals surface area contributed by atoms with Gasteiger partial charge in [-0.15, -0.1) is 0 Å². The molecule has 1 aliphatic heterocycles. The molecule has 1 aromatic carbocycles. The van der Waals surface area contributed by atoms with Gasteiger partial charge in [-0.1, -0.05) is 11.6 Å². The van der Waals surface area contributed by atoms with E-state index in [0.29, 0.717) is 11.4 Å². The molecule has 1 amide bonds. The van der Waals surface area contributed by atoms with Crippen LogP contribution in [-0.2, 0) is 9.53 Å². The maximum atomic E-state index is 11.7. The molecular weight excluding hydrogens is 238 g/mol. The molecule has 0 aromatic heterocycles. The zero-order valence-electron chi connectivity index (χ0n) is 9.62.